The summed E-state index contributed by atoms with van der Waals surface area (Å²) in [6, 6.07) is 23.9. The van der Waals surface area contributed by atoms with Gasteiger partial charge < -0.3 is 0 Å². The van der Waals surface area contributed by atoms with E-state index in [-0.39, 0.29) is 12.0 Å². The summed E-state index contributed by atoms with van der Waals surface area (Å²) < 4.78 is 42.9. The third-order valence-corrected chi connectivity index (χ3v) is 5.99. The van der Waals surface area contributed by atoms with E-state index in [2.05, 4.69) is 29.2 Å². The molecule has 1 aliphatic rings. The van der Waals surface area contributed by atoms with Gasteiger partial charge in [-0.15, -0.1) is 0 Å². The minimum Gasteiger partial charge on any atom is -0.292 e. The second-order valence-corrected chi connectivity index (χ2v) is 8.68. The van der Waals surface area contributed by atoms with Crippen LogP contribution in [0.3, 0.4) is 0 Å². The van der Waals surface area contributed by atoms with Gasteiger partial charge in [0, 0.05) is 25.1 Å². The molecule has 0 aromatic heterocycles. The molecule has 3 aromatic carbocycles. The van der Waals surface area contributed by atoms with Crippen molar-refractivity contribution in [1.82, 2.24) is 4.90 Å². The summed E-state index contributed by atoms with van der Waals surface area (Å²) in [7, 11) is 0. The Labute approximate surface area is 176 Å². The average Bonchev–Trinajstić information content (AvgIpc) is 2.66. The standard InChI is InChI=1S/C26H26F3N/c1-26(2,29)24(20-13-22(27)15-23(28)14-20)21-16-30(17-21)25(18-9-5-3-6-10-18)19-11-7-4-8-12-19/h3-15,21,24-25H,16-17H2,1-2H3/t24-/m0/s1. The lowest BCUT2D eigenvalue weighted by Gasteiger charge is -2.50. The van der Waals surface area contributed by atoms with Crippen LogP contribution >= 0.6 is 0 Å². The number of alkyl halides is 1. The number of hydrogen-bond donors (Lipinski definition) is 0. The molecule has 1 heterocycles. The molecule has 4 heteroatoms. The topological polar surface area (TPSA) is 3.24 Å². The fraction of sp³-hybridized carbons (Fsp3) is 0.308. The Morgan fingerprint density at radius 3 is 1.67 bits per heavy atom. The Hall–Kier alpha value is -2.59. The van der Waals surface area contributed by atoms with Crippen LogP contribution in [0.25, 0.3) is 0 Å². The van der Waals surface area contributed by atoms with Crippen LogP contribution in [0, 0.1) is 17.6 Å². The van der Waals surface area contributed by atoms with Crippen LogP contribution in [-0.2, 0) is 0 Å². The van der Waals surface area contributed by atoms with Crippen LogP contribution in [-0.4, -0.2) is 23.7 Å². The number of benzene rings is 3. The molecule has 0 saturated carbocycles. The van der Waals surface area contributed by atoms with Gasteiger partial charge in [-0.05, 0) is 48.6 Å². The highest BCUT2D eigenvalue weighted by molar-refractivity contribution is 5.33. The molecular formula is C26H26F3N. The van der Waals surface area contributed by atoms with E-state index >= 15 is 4.39 Å². The fourth-order valence-corrected chi connectivity index (χ4v) is 4.84. The third kappa shape index (κ3) is 4.29. The quantitative estimate of drug-likeness (QED) is 0.448. The molecule has 0 bridgehead atoms. The molecule has 0 aliphatic carbocycles. The molecule has 0 unspecified atom stereocenters. The largest absolute Gasteiger partial charge is 0.292 e. The first-order valence-corrected chi connectivity index (χ1v) is 10.3. The van der Waals surface area contributed by atoms with E-state index in [1.165, 1.54) is 37.1 Å². The van der Waals surface area contributed by atoms with Crippen molar-refractivity contribution in [3.8, 4) is 0 Å². The number of halogens is 3. The number of hydrogen-bond acceptors (Lipinski definition) is 1. The normalized spacial score (nSPS) is 16.5. The Morgan fingerprint density at radius 2 is 1.23 bits per heavy atom. The Morgan fingerprint density at radius 1 is 0.767 bits per heavy atom. The van der Waals surface area contributed by atoms with E-state index in [4.69, 9.17) is 0 Å². The zero-order chi connectivity index (χ0) is 21.3. The minimum absolute atomic E-state index is 0.0267. The van der Waals surface area contributed by atoms with Crippen molar-refractivity contribution in [2.75, 3.05) is 13.1 Å². The summed E-state index contributed by atoms with van der Waals surface area (Å²) in [5.41, 5.74) is 1.15. The summed E-state index contributed by atoms with van der Waals surface area (Å²) in [6.45, 7) is 4.30. The van der Waals surface area contributed by atoms with Crippen LogP contribution in [0.15, 0.2) is 78.9 Å². The Bertz CT molecular complexity index is 916. The zero-order valence-electron chi connectivity index (χ0n) is 17.2. The monoisotopic (exact) mass is 409 g/mol. The van der Waals surface area contributed by atoms with Gasteiger partial charge >= 0.3 is 0 Å². The summed E-state index contributed by atoms with van der Waals surface area (Å²) in [5, 5.41) is 0. The van der Waals surface area contributed by atoms with E-state index in [0.717, 1.165) is 6.07 Å². The molecule has 0 radical (unpaired) electrons. The van der Waals surface area contributed by atoms with Crippen molar-refractivity contribution in [2.45, 2.75) is 31.5 Å². The molecule has 0 N–H and O–H groups in total. The van der Waals surface area contributed by atoms with Gasteiger partial charge in [-0.1, -0.05) is 60.7 Å². The van der Waals surface area contributed by atoms with E-state index in [1.54, 1.807) is 0 Å². The van der Waals surface area contributed by atoms with Gasteiger partial charge in [0.25, 0.3) is 0 Å². The highest BCUT2D eigenvalue weighted by atomic mass is 19.1. The molecule has 1 fully saturated rings. The molecule has 3 aromatic rings. The lowest BCUT2D eigenvalue weighted by Crippen LogP contribution is -2.53. The molecule has 1 saturated heterocycles. The van der Waals surface area contributed by atoms with E-state index in [1.807, 2.05) is 36.4 Å². The maximum absolute atomic E-state index is 15.2. The van der Waals surface area contributed by atoms with E-state index in [9.17, 15) is 8.78 Å². The van der Waals surface area contributed by atoms with Crippen molar-refractivity contribution < 1.29 is 13.2 Å². The molecule has 156 valence electrons. The van der Waals surface area contributed by atoms with Gasteiger partial charge in [-0.25, -0.2) is 13.2 Å². The predicted molar refractivity (Wildman–Crippen MR) is 114 cm³/mol. The fourth-order valence-electron chi connectivity index (χ4n) is 4.84. The minimum atomic E-state index is -1.59. The maximum Gasteiger partial charge on any atom is 0.126 e. The van der Waals surface area contributed by atoms with Gasteiger partial charge in [0.1, 0.15) is 17.3 Å². The average molecular weight is 409 g/mol. The van der Waals surface area contributed by atoms with Crippen molar-refractivity contribution in [1.29, 1.82) is 0 Å². The lowest BCUT2D eigenvalue weighted by atomic mass is 9.72. The maximum atomic E-state index is 15.2. The lowest BCUT2D eigenvalue weighted by molar-refractivity contribution is 0.00805. The molecule has 0 spiro atoms. The first-order chi connectivity index (χ1) is 14.3. The summed E-state index contributed by atoms with van der Waals surface area (Å²) in [6.07, 6.45) is 0. The summed E-state index contributed by atoms with van der Waals surface area (Å²) in [4.78, 5) is 2.31. The molecule has 0 amide bonds. The predicted octanol–water partition coefficient (Wildman–Crippen LogP) is 6.52. The smallest absolute Gasteiger partial charge is 0.126 e. The Balaban J connectivity index is 1.61. The van der Waals surface area contributed by atoms with Gasteiger partial charge in [0.2, 0.25) is 0 Å². The molecule has 1 aliphatic heterocycles. The molecule has 4 rings (SSSR count). The van der Waals surface area contributed by atoms with Crippen LogP contribution < -0.4 is 0 Å². The van der Waals surface area contributed by atoms with Crippen LogP contribution in [0.5, 0.6) is 0 Å². The van der Waals surface area contributed by atoms with E-state index < -0.39 is 23.2 Å². The summed E-state index contributed by atoms with van der Waals surface area (Å²) >= 11 is 0. The van der Waals surface area contributed by atoms with Crippen molar-refractivity contribution in [3.05, 3.63) is 107 Å². The van der Waals surface area contributed by atoms with Gasteiger partial charge in [0.15, 0.2) is 0 Å². The van der Waals surface area contributed by atoms with Gasteiger partial charge in [-0.2, -0.15) is 0 Å². The van der Waals surface area contributed by atoms with Crippen LogP contribution in [0.4, 0.5) is 13.2 Å². The van der Waals surface area contributed by atoms with Crippen molar-refractivity contribution in [2.24, 2.45) is 5.92 Å². The van der Waals surface area contributed by atoms with Crippen LogP contribution in [0.1, 0.15) is 42.5 Å². The van der Waals surface area contributed by atoms with Crippen molar-refractivity contribution in [3.63, 3.8) is 0 Å². The highest BCUT2D eigenvalue weighted by Gasteiger charge is 2.45. The van der Waals surface area contributed by atoms with E-state index in [0.29, 0.717) is 18.7 Å². The summed E-state index contributed by atoms with van der Waals surface area (Å²) in [5.74, 6) is -1.93. The highest BCUT2D eigenvalue weighted by Crippen LogP contribution is 2.45. The number of nitrogens with zero attached hydrogens (tertiary/aromatic N) is 1. The van der Waals surface area contributed by atoms with Crippen molar-refractivity contribution >= 4 is 0 Å². The molecule has 30 heavy (non-hydrogen) atoms. The Kier molecular flexibility index (Phi) is 5.70. The SMILES string of the molecule is CC(C)(F)[C@@H](c1cc(F)cc(F)c1)C1CN(C(c2ccccc2)c2ccccc2)C1. The second kappa shape index (κ2) is 8.27. The number of rotatable bonds is 6. The first kappa shape index (κ1) is 20.7. The first-order valence-electron chi connectivity index (χ1n) is 10.3. The van der Waals surface area contributed by atoms with Gasteiger partial charge in [-0.3, -0.25) is 4.90 Å². The molecular weight excluding hydrogens is 383 g/mol. The van der Waals surface area contributed by atoms with Crippen LogP contribution in [0.2, 0.25) is 0 Å². The van der Waals surface area contributed by atoms with Gasteiger partial charge in [0.05, 0.1) is 6.04 Å². The molecule has 1 nitrogen and oxygen atoms in total. The zero-order valence-corrected chi connectivity index (χ0v) is 17.2. The molecule has 1 atom stereocenters. The second-order valence-electron chi connectivity index (χ2n) is 8.68. The number of likely N-dealkylation sites (tertiary alicyclic amines) is 1. The third-order valence-electron chi connectivity index (χ3n) is 5.99.